The maximum atomic E-state index is 9.10. The molecular weight excluding hydrogens is 182 g/mol. The van der Waals surface area contributed by atoms with Crippen molar-refractivity contribution in [2.45, 2.75) is 33.1 Å². The van der Waals surface area contributed by atoms with E-state index >= 15 is 0 Å². The molecule has 1 rings (SSSR count). The van der Waals surface area contributed by atoms with Gasteiger partial charge in [0, 0.05) is 12.0 Å². The second-order valence-electron chi connectivity index (χ2n) is 3.40. The van der Waals surface area contributed by atoms with Crippen LogP contribution in [0.3, 0.4) is 0 Å². The summed E-state index contributed by atoms with van der Waals surface area (Å²) in [6.07, 6.45) is 3.15. The zero-order valence-corrected chi connectivity index (χ0v) is 9.10. The molecule has 1 aromatic heterocycles. The zero-order valence-electron chi connectivity index (χ0n) is 8.29. The maximum absolute atomic E-state index is 9.10. The van der Waals surface area contributed by atoms with Crippen molar-refractivity contribution < 1.29 is 5.11 Å². The fourth-order valence-corrected chi connectivity index (χ4v) is 2.09. The van der Waals surface area contributed by atoms with E-state index in [-0.39, 0.29) is 6.61 Å². The number of aliphatic hydroxyl groups is 1. The van der Waals surface area contributed by atoms with Gasteiger partial charge in [-0.25, -0.2) is 4.98 Å². The molecule has 0 fully saturated rings. The third kappa shape index (κ3) is 3.44. The largest absolute Gasteiger partial charge is 0.396 e. The first-order valence-electron chi connectivity index (χ1n) is 4.78. The van der Waals surface area contributed by atoms with E-state index in [4.69, 9.17) is 5.11 Å². The van der Waals surface area contributed by atoms with Gasteiger partial charge in [-0.2, -0.15) is 0 Å². The van der Waals surface area contributed by atoms with Gasteiger partial charge in [-0.1, -0.05) is 13.3 Å². The second-order valence-corrected chi connectivity index (χ2v) is 4.46. The Kier molecular flexibility index (Phi) is 4.39. The molecule has 0 saturated heterocycles. The lowest BCUT2D eigenvalue weighted by atomic mass is 10.00. The zero-order chi connectivity index (χ0) is 9.68. The third-order valence-electron chi connectivity index (χ3n) is 2.12. The van der Waals surface area contributed by atoms with Crippen molar-refractivity contribution in [2.75, 3.05) is 6.61 Å². The predicted octanol–water partition coefficient (Wildman–Crippen LogP) is 2.40. The van der Waals surface area contributed by atoms with E-state index in [0.717, 1.165) is 30.0 Å². The van der Waals surface area contributed by atoms with E-state index in [9.17, 15) is 0 Å². The lowest BCUT2D eigenvalue weighted by Gasteiger charge is -2.10. The summed E-state index contributed by atoms with van der Waals surface area (Å²) in [5.41, 5.74) is 1.13. The van der Waals surface area contributed by atoms with Gasteiger partial charge in [0.05, 0.1) is 10.7 Å². The Morgan fingerprint density at radius 1 is 1.62 bits per heavy atom. The molecule has 2 nitrogen and oxygen atoms in total. The summed E-state index contributed by atoms with van der Waals surface area (Å²) >= 11 is 1.68. The molecule has 3 heteroatoms. The lowest BCUT2D eigenvalue weighted by Crippen LogP contribution is -2.09. The van der Waals surface area contributed by atoms with Crippen LogP contribution in [0.4, 0.5) is 0 Å². The van der Waals surface area contributed by atoms with Gasteiger partial charge in [0.2, 0.25) is 0 Å². The number of rotatable bonds is 5. The molecule has 0 saturated carbocycles. The number of hydrogen-bond donors (Lipinski definition) is 1. The molecule has 1 unspecified atom stereocenters. The topological polar surface area (TPSA) is 33.1 Å². The molecule has 1 heterocycles. The summed E-state index contributed by atoms with van der Waals surface area (Å²) in [6, 6.07) is 0. The molecule has 0 spiro atoms. The standard InChI is InChI=1S/C10H17NOS/c1-3-4-9(6-12)5-10-7-13-8(2)11-10/h7,9,12H,3-6H2,1-2H3. The van der Waals surface area contributed by atoms with Gasteiger partial charge in [0.25, 0.3) is 0 Å². The average Bonchev–Trinajstić information content (AvgIpc) is 2.50. The molecule has 1 aromatic rings. The highest BCUT2D eigenvalue weighted by Gasteiger charge is 2.09. The van der Waals surface area contributed by atoms with E-state index in [2.05, 4.69) is 17.3 Å². The van der Waals surface area contributed by atoms with Crippen LogP contribution in [0.5, 0.6) is 0 Å². The SMILES string of the molecule is CCCC(CO)Cc1csc(C)n1. The Hall–Kier alpha value is -0.410. The van der Waals surface area contributed by atoms with Crippen molar-refractivity contribution >= 4 is 11.3 Å². The van der Waals surface area contributed by atoms with Crippen LogP contribution in [-0.4, -0.2) is 16.7 Å². The average molecular weight is 199 g/mol. The van der Waals surface area contributed by atoms with Crippen molar-refractivity contribution in [1.29, 1.82) is 0 Å². The fourth-order valence-electron chi connectivity index (χ4n) is 1.46. The van der Waals surface area contributed by atoms with E-state index < -0.39 is 0 Å². The Balaban J connectivity index is 2.46. The quantitative estimate of drug-likeness (QED) is 0.790. The Morgan fingerprint density at radius 3 is 2.85 bits per heavy atom. The molecule has 13 heavy (non-hydrogen) atoms. The molecule has 0 bridgehead atoms. The molecular formula is C10H17NOS. The summed E-state index contributed by atoms with van der Waals surface area (Å²) < 4.78 is 0. The van der Waals surface area contributed by atoms with Gasteiger partial charge in [0.15, 0.2) is 0 Å². The van der Waals surface area contributed by atoms with Crippen LogP contribution in [0.1, 0.15) is 30.5 Å². The molecule has 0 aromatic carbocycles. The molecule has 1 atom stereocenters. The number of aromatic nitrogens is 1. The second kappa shape index (κ2) is 5.35. The minimum absolute atomic E-state index is 0.282. The van der Waals surface area contributed by atoms with Crippen molar-refractivity contribution in [3.8, 4) is 0 Å². The van der Waals surface area contributed by atoms with Crippen LogP contribution in [0.25, 0.3) is 0 Å². The van der Waals surface area contributed by atoms with Crippen LogP contribution in [-0.2, 0) is 6.42 Å². The van der Waals surface area contributed by atoms with E-state index in [1.807, 2.05) is 6.92 Å². The summed E-state index contributed by atoms with van der Waals surface area (Å²) in [5.74, 6) is 0.395. The summed E-state index contributed by atoms with van der Waals surface area (Å²) in [7, 11) is 0. The Bertz CT molecular complexity index is 247. The molecule has 0 amide bonds. The van der Waals surface area contributed by atoms with E-state index in [1.54, 1.807) is 11.3 Å². The normalized spacial score (nSPS) is 13.2. The number of hydrogen-bond acceptors (Lipinski definition) is 3. The highest BCUT2D eigenvalue weighted by molar-refractivity contribution is 7.09. The van der Waals surface area contributed by atoms with Gasteiger partial charge >= 0.3 is 0 Å². The van der Waals surface area contributed by atoms with Gasteiger partial charge in [-0.05, 0) is 25.7 Å². The first-order valence-corrected chi connectivity index (χ1v) is 5.66. The van der Waals surface area contributed by atoms with E-state index in [0.29, 0.717) is 5.92 Å². The van der Waals surface area contributed by atoms with Crippen molar-refractivity contribution in [1.82, 2.24) is 4.98 Å². The molecule has 0 aliphatic heterocycles. The lowest BCUT2D eigenvalue weighted by molar-refractivity contribution is 0.216. The van der Waals surface area contributed by atoms with Crippen LogP contribution in [0.2, 0.25) is 0 Å². The fraction of sp³-hybridized carbons (Fsp3) is 0.700. The van der Waals surface area contributed by atoms with Crippen molar-refractivity contribution in [3.05, 3.63) is 16.1 Å². The van der Waals surface area contributed by atoms with Gasteiger partial charge in [-0.15, -0.1) is 11.3 Å². The van der Waals surface area contributed by atoms with Crippen molar-refractivity contribution in [2.24, 2.45) is 5.92 Å². The smallest absolute Gasteiger partial charge is 0.0897 e. The van der Waals surface area contributed by atoms with Gasteiger partial charge in [0.1, 0.15) is 0 Å². The minimum atomic E-state index is 0.282. The molecule has 0 radical (unpaired) electrons. The number of nitrogens with zero attached hydrogens (tertiary/aromatic N) is 1. The number of aryl methyl sites for hydroxylation is 1. The minimum Gasteiger partial charge on any atom is -0.396 e. The van der Waals surface area contributed by atoms with Crippen LogP contribution >= 0.6 is 11.3 Å². The highest BCUT2D eigenvalue weighted by Crippen LogP contribution is 2.15. The molecule has 1 N–H and O–H groups in total. The van der Waals surface area contributed by atoms with Crippen LogP contribution < -0.4 is 0 Å². The third-order valence-corrected chi connectivity index (χ3v) is 2.94. The summed E-state index contributed by atoms with van der Waals surface area (Å²) in [4.78, 5) is 4.39. The Labute approximate surface area is 83.6 Å². The Morgan fingerprint density at radius 2 is 2.38 bits per heavy atom. The monoisotopic (exact) mass is 199 g/mol. The van der Waals surface area contributed by atoms with Gasteiger partial charge < -0.3 is 5.11 Å². The maximum Gasteiger partial charge on any atom is 0.0897 e. The first kappa shape index (κ1) is 10.7. The predicted molar refractivity (Wildman–Crippen MR) is 56.0 cm³/mol. The first-order chi connectivity index (χ1) is 6.26. The number of thiazole rings is 1. The summed E-state index contributed by atoms with van der Waals surface area (Å²) in [5, 5.41) is 12.3. The molecule has 0 aliphatic carbocycles. The van der Waals surface area contributed by atoms with Crippen LogP contribution in [0, 0.1) is 12.8 Å². The van der Waals surface area contributed by atoms with Gasteiger partial charge in [-0.3, -0.25) is 0 Å². The molecule has 74 valence electrons. The van der Waals surface area contributed by atoms with Crippen molar-refractivity contribution in [3.63, 3.8) is 0 Å². The molecule has 0 aliphatic rings. The van der Waals surface area contributed by atoms with E-state index in [1.165, 1.54) is 0 Å². The number of aliphatic hydroxyl groups excluding tert-OH is 1. The van der Waals surface area contributed by atoms with Crippen LogP contribution in [0.15, 0.2) is 5.38 Å². The summed E-state index contributed by atoms with van der Waals surface area (Å²) in [6.45, 7) is 4.45. The highest BCUT2D eigenvalue weighted by atomic mass is 32.1.